The zero-order valence-corrected chi connectivity index (χ0v) is 11.2. The minimum absolute atomic E-state index is 0.395. The summed E-state index contributed by atoms with van der Waals surface area (Å²) in [7, 11) is 1.90. The fraction of sp³-hybridized carbons (Fsp3) is 0.133. The molecule has 96 valence electrons. The number of nitriles is 1. The molecular formula is C15H13ClN2O. The molecule has 2 rings (SSSR count). The first-order valence-corrected chi connectivity index (χ1v) is 6.22. The monoisotopic (exact) mass is 272 g/mol. The summed E-state index contributed by atoms with van der Waals surface area (Å²) in [6, 6.07) is 14.8. The normalized spacial score (nSPS) is 9.95. The van der Waals surface area contributed by atoms with E-state index in [2.05, 4.69) is 5.32 Å². The predicted molar refractivity (Wildman–Crippen MR) is 75.4 cm³/mol. The summed E-state index contributed by atoms with van der Waals surface area (Å²) >= 11 is 5.96. The summed E-state index contributed by atoms with van der Waals surface area (Å²) in [4.78, 5) is 0. The van der Waals surface area contributed by atoms with Crippen LogP contribution in [0.25, 0.3) is 0 Å². The van der Waals surface area contributed by atoms with Crippen LogP contribution in [-0.4, -0.2) is 7.05 Å². The van der Waals surface area contributed by atoms with Crippen molar-refractivity contribution in [2.24, 2.45) is 0 Å². The van der Waals surface area contributed by atoms with Crippen molar-refractivity contribution >= 4 is 11.6 Å². The van der Waals surface area contributed by atoms with Gasteiger partial charge in [0.1, 0.15) is 17.6 Å². The molecule has 3 nitrogen and oxygen atoms in total. The molecule has 0 aliphatic rings. The van der Waals surface area contributed by atoms with Gasteiger partial charge in [-0.3, -0.25) is 0 Å². The summed E-state index contributed by atoms with van der Waals surface area (Å²) < 4.78 is 5.72. The van der Waals surface area contributed by atoms with E-state index >= 15 is 0 Å². The highest BCUT2D eigenvalue weighted by atomic mass is 35.5. The van der Waals surface area contributed by atoms with Gasteiger partial charge in [-0.05, 0) is 36.9 Å². The van der Waals surface area contributed by atoms with Crippen molar-refractivity contribution in [3.63, 3.8) is 0 Å². The number of halogens is 1. The standard InChI is InChI=1S/C15H13ClN2O/c1-18-10-11-3-2-4-13(7-11)19-14-6-5-12(9-17)15(16)8-14/h2-8,18H,10H2,1H3. The minimum Gasteiger partial charge on any atom is -0.457 e. The third-order valence-electron chi connectivity index (χ3n) is 2.58. The van der Waals surface area contributed by atoms with Gasteiger partial charge in [0, 0.05) is 12.6 Å². The number of rotatable bonds is 4. The molecule has 4 heteroatoms. The molecule has 0 aliphatic carbocycles. The van der Waals surface area contributed by atoms with E-state index in [1.165, 1.54) is 0 Å². The number of benzene rings is 2. The lowest BCUT2D eigenvalue weighted by atomic mass is 10.2. The molecule has 2 aromatic carbocycles. The third-order valence-corrected chi connectivity index (χ3v) is 2.89. The van der Waals surface area contributed by atoms with E-state index in [4.69, 9.17) is 21.6 Å². The summed E-state index contributed by atoms with van der Waals surface area (Å²) in [5, 5.41) is 12.3. The first-order chi connectivity index (χ1) is 9.22. The number of hydrogen-bond acceptors (Lipinski definition) is 3. The van der Waals surface area contributed by atoms with Gasteiger partial charge in [-0.2, -0.15) is 5.26 Å². The topological polar surface area (TPSA) is 45.0 Å². The van der Waals surface area contributed by atoms with Crippen LogP contribution in [-0.2, 0) is 6.54 Å². The van der Waals surface area contributed by atoms with E-state index in [0.29, 0.717) is 16.3 Å². The molecule has 0 heterocycles. The summed E-state index contributed by atoms with van der Waals surface area (Å²) in [5.74, 6) is 1.36. The fourth-order valence-corrected chi connectivity index (χ4v) is 1.92. The molecule has 0 saturated heterocycles. The van der Waals surface area contributed by atoms with E-state index in [0.717, 1.165) is 17.9 Å². The Bertz CT molecular complexity index is 620. The van der Waals surface area contributed by atoms with Crippen LogP contribution < -0.4 is 10.1 Å². The smallest absolute Gasteiger partial charge is 0.129 e. The average Bonchev–Trinajstić information content (AvgIpc) is 2.40. The first kappa shape index (κ1) is 13.4. The van der Waals surface area contributed by atoms with E-state index < -0.39 is 0 Å². The Morgan fingerprint density at radius 3 is 2.68 bits per heavy atom. The van der Waals surface area contributed by atoms with Gasteiger partial charge in [0.05, 0.1) is 10.6 Å². The van der Waals surface area contributed by atoms with Crippen LogP contribution in [0.3, 0.4) is 0 Å². The minimum atomic E-state index is 0.395. The van der Waals surface area contributed by atoms with E-state index in [9.17, 15) is 0 Å². The molecule has 0 unspecified atom stereocenters. The highest BCUT2D eigenvalue weighted by Crippen LogP contribution is 2.26. The van der Waals surface area contributed by atoms with E-state index in [1.807, 2.05) is 37.4 Å². The third kappa shape index (κ3) is 3.47. The summed E-state index contributed by atoms with van der Waals surface area (Å²) in [6.45, 7) is 0.783. The van der Waals surface area contributed by atoms with Gasteiger partial charge in [-0.15, -0.1) is 0 Å². The molecule has 1 N–H and O–H groups in total. The molecular weight excluding hydrogens is 260 g/mol. The molecule has 19 heavy (non-hydrogen) atoms. The van der Waals surface area contributed by atoms with Crippen LogP contribution in [0, 0.1) is 11.3 Å². The van der Waals surface area contributed by atoms with Crippen LogP contribution in [0.4, 0.5) is 0 Å². The van der Waals surface area contributed by atoms with Crippen molar-refractivity contribution < 1.29 is 4.74 Å². The largest absolute Gasteiger partial charge is 0.457 e. The quantitative estimate of drug-likeness (QED) is 0.922. The van der Waals surface area contributed by atoms with Crippen molar-refractivity contribution in [1.29, 1.82) is 5.26 Å². The maximum Gasteiger partial charge on any atom is 0.129 e. The van der Waals surface area contributed by atoms with Crippen LogP contribution in [0.5, 0.6) is 11.5 Å². The van der Waals surface area contributed by atoms with Gasteiger partial charge in [0.15, 0.2) is 0 Å². The highest BCUT2D eigenvalue weighted by Gasteiger charge is 2.03. The Hall–Kier alpha value is -2.02. The Morgan fingerprint density at radius 2 is 2.00 bits per heavy atom. The number of nitrogens with one attached hydrogen (secondary N) is 1. The summed E-state index contributed by atoms with van der Waals surface area (Å²) in [5.41, 5.74) is 1.58. The van der Waals surface area contributed by atoms with Gasteiger partial charge in [-0.25, -0.2) is 0 Å². The SMILES string of the molecule is CNCc1cccc(Oc2ccc(C#N)c(Cl)c2)c1. The summed E-state index contributed by atoms with van der Waals surface area (Å²) in [6.07, 6.45) is 0. The molecule has 0 spiro atoms. The lowest BCUT2D eigenvalue weighted by Gasteiger charge is -2.08. The van der Waals surface area contributed by atoms with Crippen LogP contribution >= 0.6 is 11.6 Å². The zero-order chi connectivity index (χ0) is 13.7. The van der Waals surface area contributed by atoms with E-state index in [-0.39, 0.29) is 0 Å². The molecule has 0 aromatic heterocycles. The molecule has 0 saturated carbocycles. The molecule has 0 fully saturated rings. The lowest BCUT2D eigenvalue weighted by molar-refractivity contribution is 0.481. The molecule has 0 aliphatic heterocycles. The van der Waals surface area contributed by atoms with Gasteiger partial charge in [-0.1, -0.05) is 23.7 Å². The van der Waals surface area contributed by atoms with Crippen molar-refractivity contribution in [2.75, 3.05) is 7.05 Å². The van der Waals surface area contributed by atoms with Crippen molar-refractivity contribution in [1.82, 2.24) is 5.32 Å². The maximum absolute atomic E-state index is 8.81. The van der Waals surface area contributed by atoms with Crippen molar-refractivity contribution in [2.45, 2.75) is 6.54 Å². The maximum atomic E-state index is 8.81. The lowest BCUT2D eigenvalue weighted by Crippen LogP contribution is -2.04. The van der Waals surface area contributed by atoms with Crippen LogP contribution in [0.15, 0.2) is 42.5 Å². The molecule has 0 bridgehead atoms. The van der Waals surface area contributed by atoms with Gasteiger partial charge in [0.25, 0.3) is 0 Å². The Kier molecular flexibility index (Phi) is 4.40. The predicted octanol–water partition coefficient (Wildman–Crippen LogP) is 3.72. The number of nitrogens with zero attached hydrogens (tertiary/aromatic N) is 1. The molecule has 2 aromatic rings. The second kappa shape index (κ2) is 6.24. The van der Waals surface area contributed by atoms with Crippen molar-refractivity contribution in [3.05, 3.63) is 58.6 Å². The van der Waals surface area contributed by atoms with Gasteiger partial charge in [0.2, 0.25) is 0 Å². The van der Waals surface area contributed by atoms with Gasteiger partial charge >= 0.3 is 0 Å². The number of hydrogen-bond donors (Lipinski definition) is 1. The molecule has 0 atom stereocenters. The average molecular weight is 273 g/mol. The fourth-order valence-electron chi connectivity index (χ4n) is 1.71. The van der Waals surface area contributed by atoms with Gasteiger partial charge < -0.3 is 10.1 Å². The van der Waals surface area contributed by atoms with Crippen LogP contribution in [0.2, 0.25) is 5.02 Å². The van der Waals surface area contributed by atoms with Crippen LogP contribution in [0.1, 0.15) is 11.1 Å². The number of ether oxygens (including phenoxy) is 1. The first-order valence-electron chi connectivity index (χ1n) is 5.84. The van der Waals surface area contributed by atoms with Crippen molar-refractivity contribution in [3.8, 4) is 17.6 Å². The highest BCUT2D eigenvalue weighted by molar-refractivity contribution is 6.31. The van der Waals surface area contributed by atoms with E-state index in [1.54, 1.807) is 18.2 Å². The second-order valence-corrected chi connectivity index (χ2v) is 4.44. The Balaban J connectivity index is 2.19. The Morgan fingerprint density at radius 1 is 1.21 bits per heavy atom. The Labute approximate surface area is 117 Å². The second-order valence-electron chi connectivity index (χ2n) is 4.03. The molecule has 0 radical (unpaired) electrons. The molecule has 0 amide bonds. The zero-order valence-electron chi connectivity index (χ0n) is 10.5.